The molecule has 0 amide bonds. The maximum Gasteiger partial charge on any atom is 0.417 e. The number of rotatable bonds is 4. The van der Waals surface area contributed by atoms with E-state index in [0.29, 0.717) is 6.42 Å². The topological polar surface area (TPSA) is 54.4 Å². The Morgan fingerprint density at radius 2 is 1.93 bits per heavy atom. The Morgan fingerprint density at radius 1 is 1.15 bits per heavy atom. The lowest BCUT2D eigenvalue weighted by Gasteiger charge is -2.19. The normalized spacial score (nSPS) is 19.6. The van der Waals surface area contributed by atoms with Crippen LogP contribution in [-0.4, -0.2) is 17.0 Å². The molecule has 3 rings (SSSR count). The number of Topliss-reactive ketones (excluding diaryl/α,β-unsaturated/α-hetero) is 1. The van der Waals surface area contributed by atoms with Gasteiger partial charge in [-0.25, -0.2) is 4.98 Å². The smallest absolute Gasteiger partial charge is 0.294 e. The number of hydrazone groups is 1. The SMILES string of the molecule is O=C1C(=Cc2ccccc2)CCCC1C=NNc1ccc(C(F)(F)F)cn1. The van der Waals surface area contributed by atoms with Crippen molar-refractivity contribution in [3.05, 3.63) is 65.4 Å². The fourth-order valence-electron chi connectivity index (χ4n) is 2.86. The van der Waals surface area contributed by atoms with E-state index in [9.17, 15) is 18.0 Å². The first-order chi connectivity index (χ1) is 12.9. The quantitative estimate of drug-likeness (QED) is 0.469. The Labute approximate surface area is 154 Å². The zero-order chi connectivity index (χ0) is 19.3. The Bertz CT molecular complexity index is 843. The average molecular weight is 373 g/mol. The van der Waals surface area contributed by atoms with Gasteiger partial charge in [0.25, 0.3) is 0 Å². The predicted molar refractivity (Wildman–Crippen MR) is 98.1 cm³/mol. The van der Waals surface area contributed by atoms with Gasteiger partial charge in [0.15, 0.2) is 5.78 Å². The number of hydrogen-bond donors (Lipinski definition) is 1. The van der Waals surface area contributed by atoms with Crippen LogP contribution in [0.2, 0.25) is 0 Å². The second kappa shape index (κ2) is 8.16. The molecule has 1 aliphatic rings. The number of benzene rings is 1. The van der Waals surface area contributed by atoms with Gasteiger partial charge in [0.1, 0.15) is 5.82 Å². The molecule has 0 aliphatic heterocycles. The first-order valence-electron chi connectivity index (χ1n) is 8.56. The molecule has 27 heavy (non-hydrogen) atoms. The minimum Gasteiger partial charge on any atom is -0.294 e. The third-order valence-electron chi connectivity index (χ3n) is 4.28. The number of aromatic nitrogens is 1. The van der Waals surface area contributed by atoms with Gasteiger partial charge in [0.2, 0.25) is 0 Å². The van der Waals surface area contributed by atoms with Crippen LogP contribution in [-0.2, 0) is 11.0 Å². The number of carbonyl (C=O) groups excluding carboxylic acids is 1. The van der Waals surface area contributed by atoms with E-state index in [4.69, 9.17) is 0 Å². The maximum absolute atomic E-state index is 12.6. The number of nitrogens with zero attached hydrogens (tertiary/aromatic N) is 2. The van der Waals surface area contributed by atoms with Gasteiger partial charge >= 0.3 is 6.18 Å². The molecule has 1 fully saturated rings. The first-order valence-corrected chi connectivity index (χ1v) is 8.56. The highest BCUT2D eigenvalue weighted by molar-refractivity contribution is 6.08. The van der Waals surface area contributed by atoms with Crippen LogP contribution in [0.1, 0.15) is 30.4 Å². The summed E-state index contributed by atoms with van der Waals surface area (Å²) in [4.78, 5) is 16.3. The molecule has 1 unspecified atom stereocenters. The Kier molecular flexibility index (Phi) is 5.69. The zero-order valence-electron chi connectivity index (χ0n) is 14.4. The fraction of sp³-hybridized carbons (Fsp3) is 0.250. The molecule has 140 valence electrons. The van der Waals surface area contributed by atoms with Gasteiger partial charge in [-0.3, -0.25) is 10.2 Å². The van der Waals surface area contributed by atoms with E-state index >= 15 is 0 Å². The van der Waals surface area contributed by atoms with E-state index in [1.54, 1.807) is 0 Å². The summed E-state index contributed by atoms with van der Waals surface area (Å²) in [6.07, 6.45) is 2.00. The minimum atomic E-state index is -4.43. The Morgan fingerprint density at radius 3 is 2.59 bits per heavy atom. The standard InChI is InChI=1S/C20H18F3N3O/c21-20(22,23)17-9-10-18(24-13-17)26-25-12-16-8-4-7-15(19(16)27)11-14-5-2-1-3-6-14/h1-3,5-6,9-13,16H,4,7-8H2,(H,24,26). The van der Waals surface area contributed by atoms with Crippen LogP contribution in [0.3, 0.4) is 0 Å². The minimum absolute atomic E-state index is 0.0241. The second-order valence-corrected chi connectivity index (χ2v) is 6.26. The van der Waals surface area contributed by atoms with Gasteiger partial charge in [-0.15, -0.1) is 0 Å². The lowest BCUT2D eigenvalue weighted by molar-refractivity contribution is -0.137. The number of carbonyl (C=O) groups is 1. The monoisotopic (exact) mass is 373 g/mol. The zero-order valence-corrected chi connectivity index (χ0v) is 14.4. The highest BCUT2D eigenvalue weighted by Crippen LogP contribution is 2.29. The van der Waals surface area contributed by atoms with Crippen molar-refractivity contribution in [3.8, 4) is 0 Å². The number of anilines is 1. The number of hydrogen-bond acceptors (Lipinski definition) is 4. The van der Waals surface area contributed by atoms with Crippen LogP contribution in [0.15, 0.2) is 59.3 Å². The number of ketones is 1. The molecular weight excluding hydrogens is 355 g/mol. The number of halogens is 3. The van der Waals surface area contributed by atoms with Gasteiger partial charge in [-0.2, -0.15) is 18.3 Å². The second-order valence-electron chi connectivity index (χ2n) is 6.26. The molecule has 1 aliphatic carbocycles. The highest BCUT2D eigenvalue weighted by atomic mass is 19.4. The number of nitrogens with one attached hydrogen (secondary N) is 1. The van der Waals surface area contributed by atoms with Crippen molar-refractivity contribution in [2.24, 2.45) is 11.0 Å². The van der Waals surface area contributed by atoms with E-state index in [2.05, 4.69) is 15.5 Å². The number of alkyl halides is 3. The average Bonchev–Trinajstić information content (AvgIpc) is 2.65. The van der Waals surface area contributed by atoms with Crippen molar-refractivity contribution in [2.45, 2.75) is 25.4 Å². The summed E-state index contributed by atoms with van der Waals surface area (Å²) in [5, 5.41) is 3.98. The van der Waals surface area contributed by atoms with E-state index < -0.39 is 11.7 Å². The van der Waals surface area contributed by atoms with Gasteiger partial charge in [-0.05, 0) is 48.6 Å². The summed E-state index contributed by atoms with van der Waals surface area (Å²) < 4.78 is 37.6. The summed E-state index contributed by atoms with van der Waals surface area (Å²) in [5.41, 5.74) is 3.49. The van der Waals surface area contributed by atoms with Crippen LogP contribution in [0.5, 0.6) is 0 Å². The molecule has 1 N–H and O–H groups in total. The van der Waals surface area contributed by atoms with Crippen LogP contribution in [0.25, 0.3) is 6.08 Å². The van der Waals surface area contributed by atoms with Crippen molar-refractivity contribution in [1.82, 2.24) is 4.98 Å². The van der Waals surface area contributed by atoms with Crippen molar-refractivity contribution < 1.29 is 18.0 Å². The van der Waals surface area contributed by atoms with Gasteiger partial charge in [0.05, 0.1) is 11.5 Å². The highest BCUT2D eigenvalue weighted by Gasteiger charge is 2.30. The summed E-state index contributed by atoms with van der Waals surface area (Å²) >= 11 is 0. The van der Waals surface area contributed by atoms with Gasteiger partial charge < -0.3 is 0 Å². The molecule has 1 heterocycles. The fourth-order valence-corrected chi connectivity index (χ4v) is 2.86. The summed E-state index contributed by atoms with van der Waals surface area (Å²) in [6.45, 7) is 0. The molecule has 0 spiro atoms. The van der Waals surface area contributed by atoms with Crippen molar-refractivity contribution in [3.63, 3.8) is 0 Å². The molecule has 1 aromatic carbocycles. The van der Waals surface area contributed by atoms with Crippen molar-refractivity contribution >= 4 is 23.9 Å². The lowest BCUT2D eigenvalue weighted by Crippen LogP contribution is -2.23. The summed E-state index contributed by atoms with van der Waals surface area (Å²) in [5.74, 6) is -0.144. The van der Waals surface area contributed by atoms with Crippen LogP contribution in [0.4, 0.5) is 19.0 Å². The van der Waals surface area contributed by atoms with E-state index in [-0.39, 0.29) is 17.5 Å². The molecule has 2 aromatic rings. The van der Waals surface area contributed by atoms with Gasteiger partial charge in [-0.1, -0.05) is 30.3 Å². The van der Waals surface area contributed by atoms with E-state index in [1.807, 2.05) is 36.4 Å². The molecule has 1 atom stereocenters. The molecule has 1 aromatic heterocycles. The molecule has 7 heteroatoms. The Hall–Kier alpha value is -2.96. The molecule has 4 nitrogen and oxygen atoms in total. The third-order valence-corrected chi connectivity index (χ3v) is 4.28. The molecule has 0 saturated heterocycles. The van der Waals surface area contributed by atoms with Crippen LogP contribution < -0.4 is 5.43 Å². The van der Waals surface area contributed by atoms with Gasteiger partial charge in [0, 0.05) is 12.4 Å². The molecule has 0 bridgehead atoms. The van der Waals surface area contributed by atoms with Crippen LogP contribution >= 0.6 is 0 Å². The van der Waals surface area contributed by atoms with Crippen LogP contribution in [0, 0.1) is 5.92 Å². The maximum atomic E-state index is 12.6. The summed E-state index contributed by atoms with van der Waals surface area (Å²) in [6, 6.07) is 11.8. The van der Waals surface area contributed by atoms with Crippen molar-refractivity contribution in [1.29, 1.82) is 0 Å². The third kappa shape index (κ3) is 5.03. The van der Waals surface area contributed by atoms with Crippen molar-refractivity contribution in [2.75, 3.05) is 5.43 Å². The predicted octanol–water partition coefficient (Wildman–Crippen LogP) is 4.95. The number of pyridine rings is 1. The lowest BCUT2D eigenvalue weighted by atomic mass is 9.84. The molecule has 0 radical (unpaired) electrons. The Balaban J connectivity index is 1.63. The molecule has 1 saturated carbocycles. The summed E-state index contributed by atoms with van der Waals surface area (Å²) in [7, 11) is 0. The first kappa shape index (κ1) is 18.8. The van der Waals surface area contributed by atoms with E-state index in [1.165, 1.54) is 12.3 Å². The molecular formula is C20H18F3N3O. The van der Waals surface area contributed by atoms with E-state index in [0.717, 1.165) is 36.2 Å². The number of allylic oxidation sites excluding steroid dienone is 1. The largest absolute Gasteiger partial charge is 0.417 e.